The van der Waals surface area contributed by atoms with Crippen molar-refractivity contribution in [1.82, 2.24) is 19.5 Å². The van der Waals surface area contributed by atoms with Crippen molar-refractivity contribution >= 4 is 64.9 Å². The Morgan fingerprint density at radius 3 is 1.38 bits per heavy atom. The van der Waals surface area contributed by atoms with Crippen molar-refractivity contribution in [2.75, 3.05) is 0 Å². The molecule has 0 radical (unpaired) electrons. The number of hydrogen-bond acceptors (Lipinski definition) is 3. The van der Waals surface area contributed by atoms with Crippen LogP contribution in [-0.2, 0) is 0 Å². The first-order chi connectivity index (χ1) is 26.3. The fourth-order valence-corrected chi connectivity index (χ4v) is 8.20. The molecular weight excluding hydrogens is 645 g/mol. The number of benzene rings is 9. The Kier molecular flexibility index (Phi) is 6.52. The first-order valence-corrected chi connectivity index (χ1v) is 18.0. The summed E-state index contributed by atoms with van der Waals surface area (Å²) >= 11 is 0. The van der Waals surface area contributed by atoms with Gasteiger partial charge in [0.1, 0.15) is 0 Å². The van der Waals surface area contributed by atoms with E-state index in [4.69, 9.17) is 15.0 Å². The highest BCUT2D eigenvalue weighted by atomic mass is 15.0. The highest BCUT2D eigenvalue weighted by molar-refractivity contribution is 6.38. The molecule has 0 saturated carbocycles. The summed E-state index contributed by atoms with van der Waals surface area (Å²) in [6, 6.07) is 64.5. The molecule has 0 N–H and O–H groups in total. The quantitative estimate of drug-likeness (QED) is 0.175. The number of hydrogen-bond donors (Lipinski definition) is 0. The molecule has 0 aliphatic rings. The third kappa shape index (κ3) is 4.59. The van der Waals surface area contributed by atoms with Crippen molar-refractivity contribution in [2.45, 2.75) is 0 Å². The van der Waals surface area contributed by atoms with Crippen LogP contribution in [0.25, 0.3) is 105 Å². The summed E-state index contributed by atoms with van der Waals surface area (Å²) in [7, 11) is 0. The highest BCUT2D eigenvalue weighted by Gasteiger charge is 2.22. The van der Waals surface area contributed by atoms with E-state index in [2.05, 4.69) is 126 Å². The average Bonchev–Trinajstić information content (AvgIpc) is 3.60. The van der Waals surface area contributed by atoms with Gasteiger partial charge in [0.2, 0.25) is 0 Å². The molecule has 0 fully saturated rings. The van der Waals surface area contributed by atoms with Crippen LogP contribution in [0.4, 0.5) is 0 Å². The van der Waals surface area contributed by atoms with Crippen molar-refractivity contribution in [3.8, 4) is 39.9 Å². The lowest BCUT2D eigenvalue weighted by Gasteiger charge is -2.14. The van der Waals surface area contributed by atoms with Crippen LogP contribution in [0.2, 0.25) is 0 Å². The SMILES string of the molecule is c1ccc(-c2nc(-c3ccccc3)nc(-c3ccc(-n4c5c6ccccc6ccc5c5c6c7ccccc7ccc6c6ccccc6c54)cc3)n2)cc1. The number of rotatable bonds is 4. The van der Waals surface area contributed by atoms with E-state index in [0.29, 0.717) is 17.5 Å². The summed E-state index contributed by atoms with van der Waals surface area (Å²) in [4.78, 5) is 14.9. The number of aromatic nitrogens is 4. The van der Waals surface area contributed by atoms with Crippen LogP contribution in [0.3, 0.4) is 0 Å². The van der Waals surface area contributed by atoms with Gasteiger partial charge in [0.05, 0.1) is 11.0 Å². The minimum absolute atomic E-state index is 0.639. The Balaban J connectivity index is 1.21. The molecule has 246 valence electrons. The third-order valence-corrected chi connectivity index (χ3v) is 10.6. The molecule has 0 saturated heterocycles. The van der Waals surface area contributed by atoms with Crippen LogP contribution >= 0.6 is 0 Å². The van der Waals surface area contributed by atoms with Gasteiger partial charge in [-0.25, -0.2) is 15.0 Å². The lowest BCUT2D eigenvalue weighted by atomic mass is 9.92. The minimum Gasteiger partial charge on any atom is -0.308 e. The Bertz CT molecular complexity index is 3140. The zero-order valence-electron chi connectivity index (χ0n) is 28.6. The predicted octanol–water partition coefficient (Wildman–Crippen LogP) is 12.6. The Hall–Kier alpha value is -7.17. The molecule has 0 spiro atoms. The topological polar surface area (TPSA) is 43.6 Å². The maximum atomic E-state index is 5.01. The zero-order valence-corrected chi connectivity index (χ0v) is 28.6. The standard InChI is InChI=1S/C49H30N4/c1-3-15-33(16-4-1)47-50-48(34-17-5-2-6-18-34)52-49(51-47)35-23-27-36(28-24-35)53-45-38-20-10-8-14-32(38)26-30-42(45)44-43-37-19-9-7-13-31(37)25-29-40(43)39-21-11-12-22-41(39)46(44)53/h1-30H. The molecule has 53 heavy (non-hydrogen) atoms. The van der Waals surface area contributed by atoms with Crippen molar-refractivity contribution in [2.24, 2.45) is 0 Å². The van der Waals surface area contributed by atoms with Gasteiger partial charge in [-0.1, -0.05) is 158 Å². The monoisotopic (exact) mass is 674 g/mol. The first kappa shape index (κ1) is 29.5. The fourth-order valence-electron chi connectivity index (χ4n) is 8.20. The second-order valence-electron chi connectivity index (χ2n) is 13.6. The fraction of sp³-hybridized carbons (Fsp3) is 0. The molecule has 9 aromatic carbocycles. The normalized spacial score (nSPS) is 11.8. The molecule has 0 atom stereocenters. The summed E-state index contributed by atoms with van der Waals surface area (Å²) in [6.07, 6.45) is 0. The molecule has 4 nitrogen and oxygen atoms in total. The lowest BCUT2D eigenvalue weighted by molar-refractivity contribution is 1.07. The van der Waals surface area contributed by atoms with E-state index >= 15 is 0 Å². The molecule has 11 rings (SSSR count). The summed E-state index contributed by atoms with van der Waals surface area (Å²) in [5.41, 5.74) is 6.33. The lowest BCUT2D eigenvalue weighted by Crippen LogP contribution is -2.00. The van der Waals surface area contributed by atoms with Crippen molar-refractivity contribution < 1.29 is 0 Å². The third-order valence-electron chi connectivity index (χ3n) is 10.6. The summed E-state index contributed by atoms with van der Waals surface area (Å²) in [6.45, 7) is 0. The molecule has 2 aromatic heterocycles. The second kappa shape index (κ2) is 11.7. The van der Waals surface area contributed by atoms with E-state index in [1.807, 2.05) is 60.7 Å². The zero-order chi connectivity index (χ0) is 34.9. The van der Waals surface area contributed by atoms with Gasteiger partial charge in [0.15, 0.2) is 17.5 Å². The van der Waals surface area contributed by atoms with Gasteiger partial charge in [-0.2, -0.15) is 0 Å². The van der Waals surface area contributed by atoms with E-state index < -0.39 is 0 Å². The summed E-state index contributed by atoms with van der Waals surface area (Å²) in [5, 5.41) is 12.5. The van der Waals surface area contributed by atoms with Gasteiger partial charge < -0.3 is 4.57 Å². The molecule has 0 amide bonds. The Morgan fingerprint density at radius 2 is 0.755 bits per heavy atom. The number of nitrogens with zero attached hydrogens (tertiary/aromatic N) is 4. The highest BCUT2D eigenvalue weighted by Crippen LogP contribution is 2.46. The van der Waals surface area contributed by atoms with E-state index in [1.165, 1.54) is 64.9 Å². The Morgan fingerprint density at radius 1 is 0.283 bits per heavy atom. The van der Waals surface area contributed by atoms with Crippen LogP contribution in [0.5, 0.6) is 0 Å². The largest absolute Gasteiger partial charge is 0.308 e. The van der Waals surface area contributed by atoms with Gasteiger partial charge >= 0.3 is 0 Å². The molecule has 0 aliphatic carbocycles. The second-order valence-corrected chi connectivity index (χ2v) is 13.6. The van der Waals surface area contributed by atoms with Crippen LogP contribution < -0.4 is 0 Å². The summed E-state index contributed by atoms with van der Waals surface area (Å²) < 4.78 is 2.48. The molecular formula is C49H30N4. The van der Waals surface area contributed by atoms with E-state index in [-0.39, 0.29) is 0 Å². The number of fused-ring (bicyclic) bond motifs is 12. The van der Waals surface area contributed by atoms with Crippen LogP contribution in [0.1, 0.15) is 0 Å². The van der Waals surface area contributed by atoms with E-state index in [0.717, 1.165) is 22.4 Å². The van der Waals surface area contributed by atoms with Crippen LogP contribution in [0.15, 0.2) is 182 Å². The summed E-state index contributed by atoms with van der Waals surface area (Å²) in [5.74, 6) is 1.94. The molecule has 0 aliphatic heterocycles. The molecule has 11 aromatic rings. The van der Waals surface area contributed by atoms with Crippen molar-refractivity contribution in [3.05, 3.63) is 182 Å². The molecule has 4 heteroatoms. The molecule has 2 heterocycles. The molecule has 0 unspecified atom stereocenters. The smallest absolute Gasteiger partial charge is 0.164 e. The van der Waals surface area contributed by atoms with Crippen molar-refractivity contribution in [1.29, 1.82) is 0 Å². The van der Waals surface area contributed by atoms with Gasteiger partial charge in [-0.15, -0.1) is 0 Å². The van der Waals surface area contributed by atoms with Gasteiger partial charge in [-0.05, 0) is 51.2 Å². The van der Waals surface area contributed by atoms with Gasteiger partial charge in [-0.3, -0.25) is 0 Å². The van der Waals surface area contributed by atoms with Gasteiger partial charge in [0.25, 0.3) is 0 Å². The molecule has 0 bridgehead atoms. The average molecular weight is 675 g/mol. The van der Waals surface area contributed by atoms with E-state index in [9.17, 15) is 0 Å². The van der Waals surface area contributed by atoms with Crippen LogP contribution in [0, 0.1) is 0 Å². The Labute approximate surface area is 305 Å². The maximum Gasteiger partial charge on any atom is 0.164 e. The first-order valence-electron chi connectivity index (χ1n) is 18.0. The van der Waals surface area contributed by atoms with Crippen LogP contribution in [-0.4, -0.2) is 19.5 Å². The van der Waals surface area contributed by atoms with E-state index in [1.54, 1.807) is 0 Å². The maximum absolute atomic E-state index is 5.01. The predicted molar refractivity (Wildman–Crippen MR) is 220 cm³/mol. The van der Waals surface area contributed by atoms with Crippen molar-refractivity contribution in [3.63, 3.8) is 0 Å². The minimum atomic E-state index is 0.639. The van der Waals surface area contributed by atoms with Gasteiger partial charge in [0, 0.05) is 49.3 Å².